The van der Waals surface area contributed by atoms with Crippen molar-refractivity contribution in [1.82, 2.24) is 5.32 Å². The van der Waals surface area contributed by atoms with E-state index in [1.807, 2.05) is 6.07 Å². The number of nitrogens with one attached hydrogen (secondary N) is 1. The maximum atomic E-state index is 10.8. The SMILES string of the molecule is CCC(C)CC(C)NCc1ccc(Cl)c([N+](=O)[O-])c1. The van der Waals surface area contributed by atoms with Gasteiger partial charge in [-0.2, -0.15) is 0 Å². The van der Waals surface area contributed by atoms with E-state index in [-0.39, 0.29) is 10.7 Å². The Hall–Kier alpha value is -1.13. The van der Waals surface area contributed by atoms with Crippen LogP contribution in [0.1, 0.15) is 39.2 Å². The Morgan fingerprint density at radius 3 is 2.68 bits per heavy atom. The number of rotatable bonds is 7. The second kappa shape index (κ2) is 7.46. The summed E-state index contributed by atoms with van der Waals surface area (Å²) < 4.78 is 0. The van der Waals surface area contributed by atoms with Gasteiger partial charge in [0.15, 0.2) is 0 Å². The molecule has 0 bridgehead atoms. The van der Waals surface area contributed by atoms with Crippen molar-refractivity contribution in [1.29, 1.82) is 0 Å². The zero-order valence-corrected chi connectivity index (χ0v) is 12.4. The van der Waals surface area contributed by atoms with Gasteiger partial charge in [-0.15, -0.1) is 0 Å². The predicted molar refractivity (Wildman–Crippen MR) is 78.5 cm³/mol. The first-order valence-electron chi connectivity index (χ1n) is 6.60. The summed E-state index contributed by atoms with van der Waals surface area (Å²) in [4.78, 5) is 10.3. The molecule has 1 N–H and O–H groups in total. The average molecular weight is 285 g/mol. The number of nitro benzene ring substituents is 1. The Morgan fingerprint density at radius 2 is 2.11 bits per heavy atom. The van der Waals surface area contributed by atoms with Gasteiger partial charge in [0.25, 0.3) is 5.69 Å². The molecule has 2 atom stereocenters. The van der Waals surface area contributed by atoms with Crippen LogP contribution in [0.15, 0.2) is 18.2 Å². The number of benzene rings is 1. The first kappa shape index (κ1) is 15.9. The fourth-order valence-corrected chi connectivity index (χ4v) is 2.14. The van der Waals surface area contributed by atoms with Crippen molar-refractivity contribution < 1.29 is 4.92 Å². The van der Waals surface area contributed by atoms with Crippen LogP contribution in [0, 0.1) is 16.0 Å². The van der Waals surface area contributed by atoms with E-state index in [2.05, 4.69) is 26.1 Å². The van der Waals surface area contributed by atoms with Gasteiger partial charge in [0.05, 0.1) is 4.92 Å². The van der Waals surface area contributed by atoms with Crippen LogP contribution in [0.4, 0.5) is 5.69 Å². The maximum Gasteiger partial charge on any atom is 0.288 e. The lowest BCUT2D eigenvalue weighted by Crippen LogP contribution is -2.27. The normalized spacial score (nSPS) is 14.1. The van der Waals surface area contributed by atoms with Crippen molar-refractivity contribution in [2.75, 3.05) is 0 Å². The van der Waals surface area contributed by atoms with E-state index in [0.29, 0.717) is 18.5 Å². The smallest absolute Gasteiger partial charge is 0.288 e. The summed E-state index contributed by atoms with van der Waals surface area (Å²) in [7, 11) is 0. The Labute approximate surface area is 119 Å². The van der Waals surface area contributed by atoms with Crippen LogP contribution in [-0.2, 0) is 6.54 Å². The topological polar surface area (TPSA) is 55.2 Å². The quantitative estimate of drug-likeness (QED) is 0.604. The summed E-state index contributed by atoms with van der Waals surface area (Å²) in [6.45, 7) is 7.16. The number of nitro groups is 1. The van der Waals surface area contributed by atoms with E-state index in [9.17, 15) is 10.1 Å². The fraction of sp³-hybridized carbons (Fsp3) is 0.571. The molecule has 19 heavy (non-hydrogen) atoms. The van der Waals surface area contributed by atoms with Crippen molar-refractivity contribution in [2.45, 2.75) is 46.2 Å². The van der Waals surface area contributed by atoms with Gasteiger partial charge in [0.1, 0.15) is 5.02 Å². The highest BCUT2D eigenvalue weighted by Crippen LogP contribution is 2.25. The molecule has 0 fully saturated rings. The minimum absolute atomic E-state index is 0.0319. The van der Waals surface area contributed by atoms with Crippen molar-refractivity contribution in [3.05, 3.63) is 38.9 Å². The Bertz CT molecular complexity index is 437. The Morgan fingerprint density at radius 1 is 1.42 bits per heavy atom. The summed E-state index contributed by atoms with van der Waals surface area (Å²) in [6, 6.07) is 5.32. The van der Waals surface area contributed by atoms with Crippen LogP contribution in [0.2, 0.25) is 5.02 Å². The summed E-state index contributed by atoms with van der Waals surface area (Å²) in [6.07, 6.45) is 2.27. The molecule has 0 aromatic heterocycles. The van der Waals surface area contributed by atoms with Crippen molar-refractivity contribution in [2.24, 2.45) is 5.92 Å². The molecule has 4 nitrogen and oxygen atoms in total. The second-order valence-corrected chi connectivity index (χ2v) is 5.48. The molecule has 0 aliphatic heterocycles. The molecule has 1 aromatic rings. The highest BCUT2D eigenvalue weighted by molar-refractivity contribution is 6.32. The van der Waals surface area contributed by atoms with Gasteiger partial charge in [-0.25, -0.2) is 0 Å². The minimum Gasteiger partial charge on any atom is -0.310 e. The molecule has 1 rings (SSSR count). The summed E-state index contributed by atoms with van der Waals surface area (Å²) in [5.41, 5.74) is 0.850. The first-order chi connectivity index (χ1) is 8.93. The van der Waals surface area contributed by atoms with Gasteiger partial charge in [0.2, 0.25) is 0 Å². The van der Waals surface area contributed by atoms with E-state index < -0.39 is 4.92 Å². The Kier molecular flexibility index (Phi) is 6.25. The van der Waals surface area contributed by atoms with Crippen LogP contribution in [0.3, 0.4) is 0 Å². The summed E-state index contributed by atoms with van der Waals surface area (Å²) in [5.74, 6) is 0.682. The highest BCUT2D eigenvalue weighted by Gasteiger charge is 2.13. The van der Waals surface area contributed by atoms with Gasteiger partial charge >= 0.3 is 0 Å². The molecule has 0 aliphatic rings. The monoisotopic (exact) mass is 284 g/mol. The number of hydrogen-bond acceptors (Lipinski definition) is 3. The largest absolute Gasteiger partial charge is 0.310 e. The molecular weight excluding hydrogens is 264 g/mol. The number of nitrogens with zero attached hydrogens (tertiary/aromatic N) is 1. The van der Waals surface area contributed by atoms with Gasteiger partial charge in [-0.1, -0.05) is 37.9 Å². The zero-order valence-electron chi connectivity index (χ0n) is 11.6. The maximum absolute atomic E-state index is 10.8. The van der Waals surface area contributed by atoms with Crippen LogP contribution in [-0.4, -0.2) is 11.0 Å². The van der Waals surface area contributed by atoms with E-state index >= 15 is 0 Å². The van der Waals surface area contributed by atoms with E-state index in [0.717, 1.165) is 12.0 Å². The van der Waals surface area contributed by atoms with Crippen molar-refractivity contribution in [3.8, 4) is 0 Å². The van der Waals surface area contributed by atoms with Gasteiger partial charge in [-0.05, 0) is 30.9 Å². The van der Waals surface area contributed by atoms with Crippen LogP contribution < -0.4 is 5.32 Å². The molecular formula is C14H21ClN2O2. The summed E-state index contributed by atoms with van der Waals surface area (Å²) in [5, 5.41) is 14.4. The van der Waals surface area contributed by atoms with Gasteiger partial charge in [-0.3, -0.25) is 10.1 Å². The third kappa shape index (κ3) is 5.17. The van der Waals surface area contributed by atoms with Crippen LogP contribution in [0.5, 0.6) is 0 Å². The molecule has 0 saturated carbocycles. The molecule has 106 valence electrons. The van der Waals surface area contributed by atoms with E-state index in [4.69, 9.17) is 11.6 Å². The average Bonchev–Trinajstić information content (AvgIpc) is 2.37. The standard InChI is InChI=1S/C14H21ClN2O2/c1-4-10(2)7-11(3)16-9-12-5-6-13(15)14(8-12)17(18)19/h5-6,8,10-11,16H,4,7,9H2,1-3H3. The van der Waals surface area contributed by atoms with Crippen LogP contribution >= 0.6 is 11.6 Å². The molecule has 1 aromatic carbocycles. The van der Waals surface area contributed by atoms with E-state index in [1.54, 1.807) is 6.07 Å². The summed E-state index contributed by atoms with van der Waals surface area (Å²) >= 11 is 5.78. The molecule has 0 aliphatic carbocycles. The Balaban J connectivity index is 2.58. The number of hydrogen-bond donors (Lipinski definition) is 1. The van der Waals surface area contributed by atoms with E-state index in [1.165, 1.54) is 12.5 Å². The molecule has 0 heterocycles. The fourth-order valence-electron chi connectivity index (χ4n) is 1.95. The third-order valence-corrected chi connectivity index (χ3v) is 3.63. The van der Waals surface area contributed by atoms with Gasteiger partial charge < -0.3 is 5.32 Å². The third-order valence-electron chi connectivity index (χ3n) is 3.31. The highest BCUT2D eigenvalue weighted by atomic mass is 35.5. The lowest BCUT2D eigenvalue weighted by atomic mass is 10.0. The molecule has 0 amide bonds. The lowest BCUT2D eigenvalue weighted by Gasteiger charge is -2.17. The van der Waals surface area contributed by atoms with Gasteiger partial charge in [0, 0.05) is 18.7 Å². The second-order valence-electron chi connectivity index (χ2n) is 5.07. The molecule has 0 radical (unpaired) electrons. The lowest BCUT2D eigenvalue weighted by molar-refractivity contribution is -0.384. The van der Waals surface area contributed by atoms with Crippen molar-refractivity contribution in [3.63, 3.8) is 0 Å². The predicted octanol–water partition coefficient (Wildman–Crippen LogP) is 4.16. The zero-order chi connectivity index (χ0) is 14.4. The van der Waals surface area contributed by atoms with Crippen molar-refractivity contribution >= 4 is 17.3 Å². The van der Waals surface area contributed by atoms with Crippen LogP contribution in [0.25, 0.3) is 0 Å². The molecule has 2 unspecified atom stereocenters. The first-order valence-corrected chi connectivity index (χ1v) is 6.98. The molecule has 5 heteroatoms. The number of halogens is 1. The molecule has 0 saturated heterocycles. The molecule has 0 spiro atoms. The minimum atomic E-state index is -0.450.